The number of hydrogen-bond acceptors (Lipinski definition) is 6. The molecule has 222 valence electrons. The minimum atomic E-state index is -0.687. The molecule has 1 saturated heterocycles. The van der Waals surface area contributed by atoms with E-state index in [0.29, 0.717) is 54.9 Å². The van der Waals surface area contributed by atoms with Crippen LogP contribution in [-0.2, 0) is 14.3 Å². The van der Waals surface area contributed by atoms with Crippen molar-refractivity contribution in [3.8, 4) is 11.3 Å². The van der Waals surface area contributed by atoms with E-state index in [1.807, 2.05) is 19.1 Å². The summed E-state index contributed by atoms with van der Waals surface area (Å²) in [4.78, 5) is 58.7. The Morgan fingerprint density at radius 2 is 1.73 bits per heavy atom. The summed E-state index contributed by atoms with van der Waals surface area (Å²) in [5, 5.41) is 0.970. The molecule has 1 aliphatic carbocycles. The van der Waals surface area contributed by atoms with Gasteiger partial charge in [-0.2, -0.15) is 0 Å². The van der Waals surface area contributed by atoms with E-state index < -0.39 is 12.6 Å². The first-order valence-electron chi connectivity index (χ1n) is 13.9. The van der Waals surface area contributed by atoms with Gasteiger partial charge in [0.2, 0.25) is 11.8 Å². The number of esters is 1. The largest absolute Gasteiger partial charge is 0.454 e. The quantitative estimate of drug-likeness (QED) is 0.0860. The van der Waals surface area contributed by atoms with E-state index in [0.717, 1.165) is 4.47 Å². The van der Waals surface area contributed by atoms with Gasteiger partial charge in [0.05, 0.1) is 39.3 Å². The molecular formula is C34H25Br2ClN2O5. The number of allylic oxidation sites excluding steroid dienone is 2. The summed E-state index contributed by atoms with van der Waals surface area (Å²) in [5.41, 5.74) is 3.40. The van der Waals surface area contributed by atoms with Crippen molar-refractivity contribution in [3.05, 3.63) is 103 Å². The van der Waals surface area contributed by atoms with Gasteiger partial charge in [-0.15, -0.1) is 0 Å². The molecule has 1 aliphatic heterocycles. The highest BCUT2D eigenvalue weighted by Crippen LogP contribution is 2.41. The number of carbonyl (C=O) groups is 4. The lowest BCUT2D eigenvalue weighted by atomic mass is 9.78. The first kappa shape index (κ1) is 30.4. The fourth-order valence-corrected chi connectivity index (χ4v) is 6.82. The number of imide groups is 1. The van der Waals surface area contributed by atoms with Crippen molar-refractivity contribution in [1.29, 1.82) is 0 Å². The molecule has 44 heavy (non-hydrogen) atoms. The van der Waals surface area contributed by atoms with E-state index in [4.69, 9.17) is 21.3 Å². The number of ether oxygens (including phenoxy) is 1. The lowest BCUT2D eigenvalue weighted by Crippen LogP contribution is -2.31. The van der Waals surface area contributed by atoms with Crippen LogP contribution in [0.15, 0.2) is 81.8 Å². The SMILES string of the molecule is Cc1c(Cl)c(Br)cc2c(C(=O)OCC(=O)c3ccc(Br)cc3)cc(-c3ccc(N4C(=O)C5CC=CC(C)C5C4=O)cc3)nc12. The topological polar surface area (TPSA) is 93.6 Å². The van der Waals surface area contributed by atoms with E-state index in [-0.39, 0.29) is 40.9 Å². The van der Waals surface area contributed by atoms with E-state index in [2.05, 4.69) is 31.9 Å². The van der Waals surface area contributed by atoms with E-state index in [9.17, 15) is 19.2 Å². The monoisotopic (exact) mass is 734 g/mol. The van der Waals surface area contributed by atoms with Gasteiger partial charge in [-0.05, 0) is 77.2 Å². The summed E-state index contributed by atoms with van der Waals surface area (Å²) < 4.78 is 6.91. The van der Waals surface area contributed by atoms with Gasteiger partial charge in [-0.3, -0.25) is 19.3 Å². The van der Waals surface area contributed by atoms with Crippen molar-refractivity contribution in [1.82, 2.24) is 4.98 Å². The van der Waals surface area contributed by atoms with Crippen LogP contribution in [-0.4, -0.2) is 35.2 Å². The number of nitrogens with zero attached hydrogens (tertiary/aromatic N) is 2. The number of anilines is 1. The number of carbonyl (C=O) groups excluding carboxylic acids is 4. The molecular weight excluding hydrogens is 712 g/mol. The molecule has 2 amide bonds. The molecule has 2 heterocycles. The van der Waals surface area contributed by atoms with Gasteiger partial charge in [0.1, 0.15) is 0 Å². The average molecular weight is 737 g/mol. The van der Waals surface area contributed by atoms with Gasteiger partial charge in [0, 0.05) is 25.5 Å². The van der Waals surface area contributed by atoms with Crippen LogP contribution in [0.25, 0.3) is 22.2 Å². The molecule has 0 radical (unpaired) electrons. The molecule has 0 spiro atoms. The Bertz CT molecular complexity index is 1890. The second kappa shape index (κ2) is 12.0. The van der Waals surface area contributed by atoms with Crippen molar-refractivity contribution < 1.29 is 23.9 Å². The predicted octanol–water partition coefficient (Wildman–Crippen LogP) is 8.13. The van der Waals surface area contributed by atoms with Crippen molar-refractivity contribution in [2.75, 3.05) is 11.5 Å². The maximum Gasteiger partial charge on any atom is 0.339 e. The van der Waals surface area contributed by atoms with Crippen LogP contribution in [0.5, 0.6) is 0 Å². The summed E-state index contributed by atoms with van der Waals surface area (Å²) in [6.07, 6.45) is 4.53. The number of rotatable bonds is 6. The standard InChI is InChI=1S/C34H25Br2ClN2O5/c1-17-4-3-5-23-29(17)33(42)39(32(23)41)22-12-8-19(9-13-22)27-15-25(24-14-26(36)30(37)18(2)31(24)38-27)34(43)44-16-28(40)20-6-10-21(35)11-7-20/h3-4,6-15,17,23,29H,5,16H2,1-2H3. The molecule has 2 aliphatic rings. The van der Waals surface area contributed by atoms with Crippen LogP contribution in [0.2, 0.25) is 5.02 Å². The van der Waals surface area contributed by atoms with Crippen molar-refractivity contribution in [2.24, 2.45) is 17.8 Å². The number of aryl methyl sites for hydroxylation is 1. The van der Waals surface area contributed by atoms with Gasteiger partial charge in [-0.1, -0.05) is 70.9 Å². The Hall–Kier alpha value is -3.66. The zero-order valence-corrected chi connectivity index (χ0v) is 27.6. The summed E-state index contributed by atoms with van der Waals surface area (Å²) in [6.45, 7) is 3.33. The van der Waals surface area contributed by atoms with Gasteiger partial charge in [-0.25, -0.2) is 9.78 Å². The highest BCUT2D eigenvalue weighted by Gasteiger charge is 2.50. The summed E-state index contributed by atoms with van der Waals surface area (Å²) >= 11 is 13.3. The maximum absolute atomic E-state index is 13.4. The summed E-state index contributed by atoms with van der Waals surface area (Å²) in [5.74, 6) is -2.11. The fourth-order valence-electron chi connectivity index (χ4n) is 5.89. The lowest BCUT2D eigenvalue weighted by molar-refractivity contribution is -0.122. The molecule has 0 bridgehead atoms. The normalized spacial score (nSPS) is 19.4. The molecule has 7 nitrogen and oxygen atoms in total. The lowest BCUT2D eigenvalue weighted by Gasteiger charge is -2.22. The Labute approximate surface area is 275 Å². The second-order valence-electron chi connectivity index (χ2n) is 11.0. The van der Waals surface area contributed by atoms with Gasteiger partial charge >= 0.3 is 5.97 Å². The zero-order valence-electron chi connectivity index (χ0n) is 23.6. The molecule has 1 aromatic heterocycles. The molecule has 3 atom stereocenters. The van der Waals surface area contributed by atoms with Crippen LogP contribution in [0, 0.1) is 24.7 Å². The average Bonchev–Trinajstić information content (AvgIpc) is 3.28. The van der Waals surface area contributed by atoms with Crippen LogP contribution in [0.3, 0.4) is 0 Å². The van der Waals surface area contributed by atoms with Crippen LogP contribution < -0.4 is 4.90 Å². The van der Waals surface area contributed by atoms with Gasteiger partial charge < -0.3 is 4.74 Å². The third-order valence-electron chi connectivity index (χ3n) is 8.24. The number of halogens is 3. The molecule has 0 saturated carbocycles. The highest BCUT2D eigenvalue weighted by molar-refractivity contribution is 9.10. The molecule has 0 N–H and O–H groups in total. The first-order chi connectivity index (χ1) is 21.0. The number of ketones is 1. The maximum atomic E-state index is 13.4. The fraction of sp³-hybridized carbons (Fsp3) is 0.206. The summed E-state index contributed by atoms with van der Waals surface area (Å²) in [6, 6.07) is 17.1. The first-order valence-corrected chi connectivity index (χ1v) is 15.9. The Morgan fingerprint density at radius 1 is 1.02 bits per heavy atom. The zero-order chi connectivity index (χ0) is 31.3. The third-order valence-corrected chi connectivity index (χ3v) is 10.1. The van der Waals surface area contributed by atoms with Crippen LogP contribution in [0.1, 0.15) is 39.6 Å². The van der Waals surface area contributed by atoms with Crippen LogP contribution >= 0.6 is 43.5 Å². The van der Waals surface area contributed by atoms with Gasteiger partial charge in [0.25, 0.3) is 0 Å². The van der Waals surface area contributed by atoms with Crippen molar-refractivity contribution >= 4 is 83.6 Å². The smallest absolute Gasteiger partial charge is 0.339 e. The number of hydrogen-bond donors (Lipinski definition) is 0. The summed E-state index contributed by atoms with van der Waals surface area (Å²) in [7, 11) is 0. The number of amides is 2. The van der Waals surface area contributed by atoms with Gasteiger partial charge in [0.15, 0.2) is 12.4 Å². The number of Topliss-reactive ketones (excluding diaryl/α,β-unsaturated/α-hetero) is 1. The molecule has 3 aromatic carbocycles. The Morgan fingerprint density at radius 3 is 2.41 bits per heavy atom. The van der Waals surface area contributed by atoms with Crippen molar-refractivity contribution in [3.63, 3.8) is 0 Å². The Kier molecular flexibility index (Phi) is 8.30. The number of pyridine rings is 1. The Balaban J connectivity index is 1.33. The molecule has 1 fully saturated rings. The number of fused-ring (bicyclic) bond motifs is 2. The van der Waals surface area contributed by atoms with Crippen molar-refractivity contribution in [2.45, 2.75) is 20.3 Å². The number of aromatic nitrogens is 1. The minimum absolute atomic E-state index is 0.00490. The molecule has 4 aromatic rings. The van der Waals surface area contributed by atoms with E-state index in [1.165, 1.54) is 4.90 Å². The highest BCUT2D eigenvalue weighted by atomic mass is 79.9. The number of benzene rings is 3. The third kappa shape index (κ3) is 5.42. The van der Waals surface area contributed by atoms with Crippen LogP contribution in [0.4, 0.5) is 5.69 Å². The minimum Gasteiger partial charge on any atom is -0.454 e. The van der Waals surface area contributed by atoms with E-state index in [1.54, 1.807) is 67.6 Å². The predicted molar refractivity (Wildman–Crippen MR) is 176 cm³/mol. The molecule has 6 rings (SSSR count). The second-order valence-corrected chi connectivity index (χ2v) is 13.1. The molecule has 10 heteroatoms. The molecule has 3 unspecified atom stereocenters. The van der Waals surface area contributed by atoms with E-state index >= 15 is 0 Å².